The molecule has 2 unspecified atom stereocenters. The SMILES string of the molecule is CCC(C)C1NC[C@@](C=O)(Cc2ccc(O)cc2)NC(=O)CNC(=O)CC[C@@H](C(=O)N(C)CC(=O)N[C@@H](CCC(C)C)C(=O)NCC(N)=O)NC(=O)[C@H](CC(N)=O)NC[C@@](C=O)(CCC(N)=O)NC1=O. The van der Waals surface area contributed by atoms with Crippen molar-refractivity contribution in [1.82, 2.24) is 47.4 Å². The van der Waals surface area contributed by atoms with Crippen molar-refractivity contribution < 1.29 is 62.6 Å². The van der Waals surface area contributed by atoms with Crippen LogP contribution in [0.4, 0.5) is 0 Å². The number of aromatic hydroxyl groups is 1. The van der Waals surface area contributed by atoms with Gasteiger partial charge in [-0.25, -0.2) is 0 Å². The molecule has 1 aromatic rings. The molecule has 25 heteroatoms. The molecule has 0 aromatic heterocycles. The number of carbonyl (C=O) groups excluding carboxylic acids is 12. The molecule has 0 radical (unpaired) electrons. The van der Waals surface area contributed by atoms with Gasteiger partial charge >= 0.3 is 0 Å². The number of amides is 10. The van der Waals surface area contributed by atoms with E-state index in [0.717, 1.165) is 4.90 Å². The van der Waals surface area contributed by atoms with Crippen molar-refractivity contribution in [2.75, 3.05) is 39.8 Å². The van der Waals surface area contributed by atoms with Crippen LogP contribution in [0.3, 0.4) is 0 Å². The van der Waals surface area contributed by atoms with Crippen LogP contribution in [0, 0.1) is 11.8 Å². The van der Waals surface area contributed by atoms with E-state index in [0.29, 0.717) is 31.0 Å². The predicted molar refractivity (Wildman–Crippen MR) is 251 cm³/mol. The van der Waals surface area contributed by atoms with Crippen LogP contribution in [0.15, 0.2) is 24.3 Å². The summed E-state index contributed by atoms with van der Waals surface area (Å²) in [5.74, 6) is -9.13. The van der Waals surface area contributed by atoms with Gasteiger partial charge in [-0.3, -0.25) is 47.9 Å². The molecule has 0 bridgehead atoms. The Labute approximate surface area is 406 Å². The van der Waals surface area contributed by atoms with Crippen LogP contribution in [-0.2, 0) is 64.0 Å². The van der Waals surface area contributed by atoms with Crippen LogP contribution < -0.4 is 59.7 Å². The van der Waals surface area contributed by atoms with Gasteiger partial charge in [0.15, 0.2) is 0 Å². The van der Waals surface area contributed by atoms with E-state index in [1.165, 1.54) is 31.3 Å². The van der Waals surface area contributed by atoms with E-state index in [1.54, 1.807) is 13.8 Å². The van der Waals surface area contributed by atoms with E-state index >= 15 is 0 Å². The lowest BCUT2D eigenvalue weighted by molar-refractivity contribution is -0.139. The molecule has 1 aliphatic rings. The smallest absolute Gasteiger partial charge is 0.245 e. The fraction of sp³-hybridized carbons (Fsp3) is 0.600. The molecular formula is C45H70N12O13. The Balaban J connectivity index is 2.66. The summed E-state index contributed by atoms with van der Waals surface area (Å²) in [4.78, 5) is 158. The van der Waals surface area contributed by atoms with Crippen molar-refractivity contribution in [1.29, 1.82) is 0 Å². The summed E-state index contributed by atoms with van der Waals surface area (Å²) >= 11 is 0. The highest BCUT2D eigenvalue weighted by Gasteiger charge is 2.40. The normalized spacial score (nSPS) is 22.9. The van der Waals surface area contributed by atoms with E-state index in [1.807, 2.05) is 13.8 Å². The maximum atomic E-state index is 14.3. The summed E-state index contributed by atoms with van der Waals surface area (Å²) in [7, 11) is 1.20. The van der Waals surface area contributed by atoms with E-state index < -0.39 is 159 Å². The Morgan fingerprint density at radius 2 is 1.50 bits per heavy atom. The summed E-state index contributed by atoms with van der Waals surface area (Å²) in [6.45, 7) is 4.38. The second kappa shape index (κ2) is 28.5. The molecule has 25 nitrogen and oxygen atoms in total. The fourth-order valence-electron chi connectivity index (χ4n) is 7.34. The number of nitrogens with two attached hydrogens (primary N) is 3. The average molecular weight is 987 g/mol. The maximum Gasteiger partial charge on any atom is 0.245 e. The molecule has 1 aliphatic heterocycles. The van der Waals surface area contributed by atoms with Crippen LogP contribution in [0.5, 0.6) is 5.75 Å². The summed E-state index contributed by atoms with van der Waals surface area (Å²) < 4.78 is 0. The van der Waals surface area contributed by atoms with Crippen molar-refractivity contribution in [3.8, 4) is 5.75 Å². The van der Waals surface area contributed by atoms with Gasteiger partial charge in [-0.2, -0.15) is 0 Å². The number of phenolic OH excluding ortho intramolecular Hbond substituents is 1. The van der Waals surface area contributed by atoms with Crippen molar-refractivity contribution in [2.45, 2.75) is 121 Å². The zero-order chi connectivity index (χ0) is 52.8. The number of benzene rings is 1. The van der Waals surface area contributed by atoms with Crippen LogP contribution in [0.2, 0.25) is 0 Å². The summed E-state index contributed by atoms with van der Waals surface area (Å²) in [5, 5.41) is 30.7. The predicted octanol–water partition coefficient (Wildman–Crippen LogP) is -4.48. The minimum absolute atomic E-state index is 0.0733. The average Bonchev–Trinajstić information content (AvgIpc) is 3.30. The molecule has 1 saturated heterocycles. The lowest BCUT2D eigenvalue weighted by Gasteiger charge is -2.36. The molecule has 1 aromatic carbocycles. The van der Waals surface area contributed by atoms with Gasteiger partial charge < -0.3 is 79.3 Å². The van der Waals surface area contributed by atoms with Crippen molar-refractivity contribution >= 4 is 71.6 Å². The Bertz CT molecular complexity index is 2050. The highest BCUT2D eigenvalue weighted by molar-refractivity contribution is 5.95. The minimum atomic E-state index is -2.00. The van der Waals surface area contributed by atoms with Gasteiger partial charge in [0.25, 0.3) is 0 Å². The number of nitrogens with one attached hydrogen (secondary N) is 8. The lowest BCUT2D eigenvalue weighted by atomic mass is 9.89. The fourth-order valence-corrected chi connectivity index (χ4v) is 7.34. The van der Waals surface area contributed by atoms with Crippen LogP contribution in [-0.4, -0.2) is 157 Å². The van der Waals surface area contributed by atoms with Gasteiger partial charge in [0.2, 0.25) is 59.1 Å². The second-order valence-corrected chi connectivity index (χ2v) is 18.1. The van der Waals surface area contributed by atoms with Gasteiger partial charge in [-0.15, -0.1) is 0 Å². The van der Waals surface area contributed by atoms with Crippen LogP contribution in [0.25, 0.3) is 0 Å². The minimum Gasteiger partial charge on any atom is -0.508 e. The van der Waals surface area contributed by atoms with Gasteiger partial charge in [-0.1, -0.05) is 46.2 Å². The Kier molecular flexibility index (Phi) is 24.0. The quantitative estimate of drug-likeness (QED) is 0.0517. The van der Waals surface area contributed by atoms with Gasteiger partial charge in [-0.05, 0) is 55.2 Å². The number of carbonyl (C=O) groups is 12. The Morgan fingerprint density at radius 1 is 0.857 bits per heavy atom. The molecule has 1 fully saturated rings. The number of phenols is 1. The van der Waals surface area contributed by atoms with Crippen molar-refractivity contribution in [2.24, 2.45) is 29.0 Å². The molecule has 0 saturated carbocycles. The zero-order valence-corrected chi connectivity index (χ0v) is 40.4. The number of hydrogen-bond acceptors (Lipinski definition) is 15. The lowest BCUT2D eigenvalue weighted by Crippen LogP contribution is -2.65. The first-order valence-corrected chi connectivity index (χ1v) is 22.9. The van der Waals surface area contributed by atoms with E-state index in [2.05, 4.69) is 42.5 Å². The first kappa shape index (κ1) is 59.1. The number of hydrogen-bond donors (Lipinski definition) is 12. The topological polar surface area (TPSA) is 403 Å². The summed E-state index contributed by atoms with van der Waals surface area (Å²) in [5.41, 5.74) is 12.8. The van der Waals surface area contributed by atoms with Crippen LogP contribution >= 0.6 is 0 Å². The molecule has 388 valence electrons. The highest BCUT2D eigenvalue weighted by Crippen LogP contribution is 2.19. The third kappa shape index (κ3) is 20.3. The van der Waals surface area contributed by atoms with Gasteiger partial charge in [0, 0.05) is 39.4 Å². The number of aldehydes is 2. The van der Waals surface area contributed by atoms with Gasteiger partial charge in [0.05, 0.1) is 38.1 Å². The molecule has 70 heavy (non-hydrogen) atoms. The van der Waals surface area contributed by atoms with E-state index in [-0.39, 0.29) is 31.1 Å². The Morgan fingerprint density at radius 3 is 2.07 bits per heavy atom. The van der Waals surface area contributed by atoms with Crippen LogP contribution in [0.1, 0.15) is 84.6 Å². The van der Waals surface area contributed by atoms with Crippen molar-refractivity contribution in [3.63, 3.8) is 0 Å². The third-order valence-electron chi connectivity index (χ3n) is 11.6. The largest absolute Gasteiger partial charge is 0.508 e. The highest BCUT2D eigenvalue weighted by atomic mass is 16.3. The molecule has 0 spiro atoms. The maximum absolute atomic E-state index is 14.3. The summed E-state index contributed by atoms with van der Waals surface area (Å²) in [6, 6.07) is 0.210. The number of rotatable bonds is 21. The summed E-state index contributed by atoms with van der Waals surface area (Å²) in [6.07, 6.45) is -0.956. The molecule has 10 amide bonds. The number of likely N-dealkylation sites (N-methyl/N-ethyl adjacent to an activating group) is 1. The third-order valence-corrected chi connectivity index (χ3v) is 11.6. The molecule has 15 N–H and O–H groups in total. The number of nitrogens with zero attached hydrogens (tertiary/aromatic N) is 1. The zero-order valence-electron chi connectivity index (χ0n) is 40.4. The first-order valence-electron chi connectivity index (χ1n) is 22.9. The second-order valence-electron chi connectivity index (χ2n) is 18.1. The van der Waals surface area contributed by atoms with E-state index in [9.17, 15) is 62.6 Å². The number of primary amides is 3. The Hall–Kier alpha value is -7.02. The monoisotopic (exact) mass is 987 g/mol. The molecule has 7 atom stereocenters. The van der Waals surface area contributed by atoms with E-state index in [4.69, 9.17) is 17.2 Å². The van der Waals surface area contributed by atoms with Crippen molar-refractivity contribution in [3.05, 3.63) is 29.8 Å². The molecule has 1 heterocycles. The molecule has 0 aliphatic carbocycles. The standard InChI is InChI=1S/C45H70N12O13/c1-6-27(4)39-42(69)56-44(24-58,16-15-33(46)61)22-51-32(17-34(47)62)41(68)54-31(43(70)57(5)21-38(66)53-30(12-7-26(2)3)40(67)50-19-35(48)63)13-14-36(64)49-20-37(65)55-45(25-59,23-52-39)18-28-8-10-29(60)11-9-28/h8-11,24-27,30-32,39,51-52,60H,6-7,12-23H2,1-5H3,(H2,46,61)(H2,47,62)(H2,48,63)(H,49,64)(H,50,67)(H,53,66)(H,54,68)(H,55,65)(H,56,69)/t27?,30-,31-,32-,39?,44+,45+/m0/s1. The molecule has 2 rings (SSSR count). The first-order chi connectivity index (χ1) is 32.9. The van der Waals surface area contributed by atoms with Gasteiger partial charge in [0.1, 0.15) is 41.5 Å². The molecular weight excluding hydrogens is 917 g/mol.